The van der Waals surface area contributed by atoms with E-state index in [4.69, 9.17) is 4.74 Å². The van der Waals surface area contributed by atoms with Crippen molar-refractivity contribution in [1.82, 2.24) is 15.3 Å². The molecule has 2 aliphatic rings. The van der Waals surface area contributed by atoms with E-state index in [2.05, 4.69) is 34.5 Å². The van der Waals surface area contributed by atoms with E-state index >= 15 is 0 Å². The van der Waals surface area contributed by atoms with Gasteiger partial charge in [0.1, 0.15) is 6.04 Å². The van der Waals surface area contributed by atoms with Gasteiger partial charge in [-0.2, -0.15) is 0 Å². The van der Waals surface area contributed by atoms with E-state index in [1.807, 2.05) is 12.1 Å². The SMILES string of the molecule is O=C(NC1CCCN(O)C1=O)c1ccc(-c2ccc(CN3CCOCC3)cc2)cc1. The van der Waals surface area contributed by atoms with Gasteiger partial charge in [0.15, 0.2) is 0 Å². The summed E-state index contributed by atoms with van der Waals surface area (Å²) in [7, 11) is 0. The van der Waals surface area contributed by atoms with Crippen LogP contribution in [0.3, 0.4) is 0 Å². The Bertz CT molecular complexity index is 876. The average Bonchev–Trinajstić information content (AvgIpc) is 2.78. The number of carbonyl (C=O) groups is 2. The molecule has 1 unspecified atom stereocenters. The maximum absolute atomic E-state index is 12.5. The number of nitrogens with one attached hydrogen (secondary N) is 1. The minimum Gasteiger partial charge on any atom is -0.379 e. The van der Waals surface area contributed by atoms with Gasteiger partial charge < -0.3 is 10.1 Å². The Balaban J connectivity index is 1.37. The van der Waals surface area contributed by atoms with Gasteiger partial charge in [0.05, 0.1) is 13.2 Å². The molecule has 2 fully saturated rings. The number of hydrogen-bond acceptors (Lipinski definition) is 5. The molecular weight excluding hydrogens is 382 g/mol. The number of ether oxygens (including phenoxy) is 1. The fourth-order valence-electron chi connectivity index (χ4n) is 3.87. The molecule has 0 spiro atoms. The summed E-state index contributed by atoms with van der Waals surface area (Å²) >= 11 is 0. The number of morpholine rings is 1. The molecule has 2 N–H and O–H groups in total. The summed E-state index contributed by atoms with van der Waals surface area (Å²) in [6, 6.07) is 15.1. The lowest BCUT2D eigenvalue weighted by molar-refractivity contribution is -0.172. The Morgan fingerprint density at radius 3 is 2.30 bits per heavy atom. The van der Waals surface area contributed by atoms with Crippen LogP contribution < -0.4 is 5.32 Å². The van der Waals surface area contributed by atoms with Crippen LogP contribution in [0.5, 0.6) is 0 Å². The summed E-state index contributed by atoms with van der Waals surface area (Å²) in [4.78, 5) is 26.8. The molecule has 7 heteroatoms. The van der Waals surface area contributed by atoms with E-state index in [1.165, 1.54) is 5.56 Å². The van der Waals surface area contributed by atoms with Crippen molar-refractivity contribution in [1.29, 1.82) is 0 Å². The minimum atomic E-state index is -0.671. The third-order valence-electron chi connectivity index (χ3n) is 5.66. The predicted molar refractivity (Wildman–Crippen MR) is 112 cm³/mol. The Morgan fingerprint density at radius 1 is 1.00 bits per heavy atom. The summed E-state index contributed by atoms with van der Waals surface area (Å²) < 4.78 is 5.39. The van der Waals surface area contributed by atoms with Gasteiger partial charge in [-0.3, -0.25) is 19.7 Å². The van der Waals surface area contributed by atoms with Gasteiger partial charge in [-0.25, -0.2) is 5.06 Å². The highest BCUT2D eigenvalue weighted by atomic mass is 16.5. The highest BCUT2D eigenvalue weighted by Crippen LogP contribution is 2.21. The summed E-state index contributed by atoms with van der Waals surface area (Å²) in [5.74, 6) is -0.764. The normalized spacial score (nSPS) is 20.2. The molecule has 0 bridgehead atoms. The zero-order valence-electron chi connectivity index (χ0n) is 16.9. The van der Waals surface area contributed by atoms with Crippen LogP contribution in [-0.4, -0.2) is 65.9 Å². The van der Waals surface area contributed by atoms with Crippen LogP contribution in [0.25, 0.3) is 11.1 Å². The van der Waals surface area contributed by atoms with E-state index in [1.54, 1.807) is 12.1 Å². The van der Waals surface area contributed by atoms with Crippen LogP contribution in [-0.2, 0) is 16.1 Å². The Labute approximate surface area is 176 Å². The van der Waals surface area contributed by atoms with E-state index in [-0.39, 0.29) is 5.91 Å². The summed E-state index contributed by atoms with van der Waals surface area (Å²) in [6.45, 7) is 4.76. The molecule has 2 aromatic rings. The zero-order chi connectivity index (χ0) is 20.9. The predicted octanol–water partition coefficient (Wildman–Crippen LogP) is 2.30. The minimum absolute atomic E-state index is 0.309. The maximum atomic E-state index is 12.5. The van der Waals surface area contributed by atoms with Crippen molar-refractivity contribution < 1.29 is 19.5 Å². The Hall–Kier alpha value is -2.74. The van der Waals surface area contributed by atoms with Crippen LogP contribution in [0.15, 0.2) is 48.5 Å². The van der Waals surface area contributed by atoms with Gasteiger partial charge in [0, 0.05) is 31.7 Å². The largest absolute Gasteiger partial charge is 0.379 e. The number of rotatable bonds is 5. The number of nitrogens with zero attached hydrogens (tertiary/aromatic N) is 2. The highest BCUT2D eigenvalue weighted by Gasteiger charge is 2.29. The molecule has 0 radical (unpaired) electrons. The van der Waals surface area contributed by atoms with Crippen molar-refractivity contribution in [2.45, 2.75) is 25.4 Å². The third kappa shape index (κ3) is 4.87. The number of hydrogen-bond donors (Lipinski definition) is 2. The smallest absolute Gasteiger partial charge is 0.268 e. The van der Waals surface area contributed by atoms with Gasteiger partial charge in [0.25, 0.3) is 11.8 Å². The molecule has 2 aromatic carbocycles. The zero-order valence-corrected chi connectivity index (χ0v) is 16.9. The molecule has 2 heterocycles. The van der Waals surface area contributed by atoms with Gasteiger partial charge in [0.2, 0.25) is 0 Å². The van der Waals surface area contributed by atoms with Crippen molar-refractivity contribution in [3.63, 3.8) is 0 Å². The molecule has 1 atom stereocenters. The molecule has 2 aliphatic heterocycles. The van der Waals surface area contributed by atoms with Gasteiger partial charge in [-0.1, -0.05) is 36.4 Å². The molecule has 0 aliphatic carbocycles. The molecule has 158 valence electrons. The lowest BCUT2D eigenvalue weighted by Crippen LogP contribution is -2.51. The van der Waals surface area contributed by atoms with Crippen LogP contribution in [0.1, 0.15) is 28.8 Å². The van der Waals surface area contributed by atoms with Crippen molar-refractivity contribution in [3.05, 3.63) is 59.7 Å². The molecule has 0 aromatic heterocycles. The lowest BCUT2D eigenvalue weighted by Gasteiger charge is -2.27. The third-order valence-corrected chi connectivity index (χ3v) is 5.66. The standard InChI is InChI=1S/C23H27N3O4/c27-22(24-21-2-1-11-26(29)23(21)28)20-9-7-19(8-10-20)18-5-3-17(4-6-18)16-25-12-14-30-15-13-25/h3-10,21,29H,1-2,11-16H2,(H,24,27). The number of amides is 2. The second kappa shape index (κ2) is 9.38. The first kappa shape index (κ1) is 20.5. The Morgan fingerprint density at radius 2 is 1.63 bits per heavy atom. The topological polar surface area (TPSA) is 82.1 Å². The monoisotopic (exact) mass is 409 g/mol. The number of hydroxylamine groups is 2. The van der Waals surface area contributed by atoms with Crippen molar-refractivity contribution in [3.8, 4) is 11.1 Å². The number of piperidine rings is 1. The first-order valence-electron chi connectivity index (χ1n) is 10.4. The van der Waals surface area contributed by atoms with E-state index in [0.717, 1.165) is 44.0 Å². The fraction of sp³-hybridized carbons (Fsp3) is 0.391. The van der Waals surface area contributed by atoms with Crippen LogP contribution in [0, 0.1) is 0 Å². The summed E-state index contributed by atoms with van der Waals surface area (Å²) in [5.41, 5.74) is 3.88. The van der Waals surface area contributed by atoms with E-state index < -0.39 is 11.9 Å². The van der Waals surface area contributed by atoms with E-state index in [9.17, 15) is 14.8 Å². The maximum Gasteiger partial charge on any atom is 0.268 e. The van der Waals surface area contributed by atoms with Crippen LogP contribution in [0.4, 0.5) is 0 Å². The average molecular weight is 409 g/mol. The molecule has 4 rings (SSSR count). The van der Waals surface area contributed by atoms with Crippen molar-refractivity contribution in [2.24, 2.45) is 0 Å². The first-order valence-corrected chi connectivity index (χ1v) is 10.4. The molecule has 7 nitrogen and oxygen atoms in total. The van der Waals surface area contributed by atoms with Crippen LogP contribution in [0.2, 0.25) is 0 Å². The summed E-state index contributed by atoms with van der Waals surface area (Å²) in [5, 5.41) is 12.9. The molecule has 30 heavy (non-hydrogen) atoms. The number of benzene rings is 2. The molecular formula is C23H27N3O4. The van der Waals surface area contributed by atoms with Gasteiger partial charge >= 0.3 is 0 Å². The quantitative estimate of drug-likeness (QED) is 0.741. The number of carbonyl (C=O) groups excluding carboxylic acids is 2. The second-order valence-electron chi connectivity index (χ2n) is 7.79. The summed E-state index contributed by atoms with van der Waals surface area (Å²) in [6.07, 6.45) is 1.20. The van der Waals surface area contributed by atoms with Crippen molar-refractivity contribution >= 4 is 11.8 Å². The Kier molecular flexibility index (Phi) is 6.42. The van der Waals surface area contributed by atoms with Gasteiger partial charge in [-0.15, -0.1) is 0 Å². The molecule has 2 saturated heterocycles. The fourth-order valence-corrected chi connectivity index (χ4v) is 3.87. The van der Waals surface area contributed by atoms with Gasteiger partial charge in [-0.05, 0) is 41.7 Å². The molecule has 0 saturated carbocycles. The first-order chi connectivity index (χ1) is 14.6. The van der Waals surface area contributed by atoms with Crippen LogP contribution >= 0.6 is 0 Å². The second-order valence-corrected chi connectivity index (χ2v) is 7.79. The highest BCUT2D eigenvalue weighted by molar-refractivity contribution is 5.97. The lowest BCUT2D eigenvalue weighted by atomic mass is 10.0. The van der Waals surface area contributed by atoms with E-state index in [0.29, 0.717) is 30.0 Å². The molecule has 2 amide bonds. The van der Waals surface area contributed by atoms with Crippen molar-refractivity contribution in [2.75, 3.05) is 32.8 Å².